The fourth-order valence-electron chi connectivity index (χ4n) is 3.29. The summed E-state index contributed by atoms with van der Waals surface area (Å²) in [5, 5.41) is 14.4. The number of nitrogens with one attached hydrogen (secondary N) is 2. The Labute approximate surface area is 208 Å². The zero-order valence-corrected chi connectivity index (χ0v) is 21.1. The third-order valence-corrected chi connectivity index (χ3v) is 6.32. The van der Waals surface area contributed by atoms with Crippen LogP contribution in [0.4, 0.5) is 10.1 Å². The van der Waals surface area contributed by atoms with Crippen LogP contribution >= 0.6 is 11.8 Å². The lowest BCUT2D eigenvalue weighted by molar-refractivity contribution is -0.127. The third-order valence-electron chi connectivity index (χ3n) is 5.35. The van der Waals surface area contributed by atoms with E-state index in [9.17, 15) is 14.0 Å². The Morgan fingerprint density at radius 3 is 2.57 bits per heavy atom. The molecule has 0 spiro atoms. The van der Waals surface area contributed by atoms with E-state index in [0.29, 0.717) is 29.0 Å². The van der Waals surface area contributed by atoms with Gasteiger partial charge >= 0.3 is 0 Å². The van der Waals surface area contributed by atoms with Gasteiger partial charge in [-0.05, 0) is 62.6 Å². The standard InChI is InChI=1S/C25H30FN5O3S/c1-5-18-8-11-20(12-9-18)34-17(4)24(33)27-14-22-29-30-25(31(22)6-2)35-15-23(32)28-21-13-19(26)10-7-16(21)3/h7-13,17H,5-6,14-15H2,1-4H3,(H,27,33)(H,28,32)/t17-/m0/s1. The molecule has 0 radical (unpaired) electrons. The second-order valence-electron chi connectivity index (χ2n) is 7.91. The van der Waals surface area contributed by atoms with Crippen LogP contribution < -0.4 is 15.4 Å². The number of aromatic nitrogens is 3. The molecule has 3 aromatic rings. The molecule has 0 saturated heterocycles. The second-order valence-corrected chi connectivity index (χ2v) is 8.86. The number of halogens is 1. The van der Waals surface area contributed by atoms with E-state index in [-0.39, 0.29) is 24.1 Å². The first-order chi connectivity index (χ1) is 16.8. The van der Waals surface area contributed by atoms with Crippen molar-refractivity contribution in [3.63, 3.8) is 0 Å². The summed E-state index contributed by atoms with van der Waals surface area (Å²) in [6, 6.07) is 11.9. The second kappa shape index (κ2) is 12.3. The minimum absolute atomic E-state index is 0.0855. The quantitative estimate of drug-likeness (QED) is 0.385. The van der Waals surface area contributed by atoms with Gasteiger partial charge in [-0.25, -0.2) is 4.39 Å². The summed E-state index contributed by atoms with van der Waals surface area (Å²) in [5.41, 5.74) is 2.41. The van der Waals surface area contributed by atoms with E-state index in [2.05, 4.69) is 27.8 Å². The average Bonchev–Trinajstić information content (AvgIpc) is 3.25. The molecular weight excluding hydrogens is 469 g/mol. The van der Waals surface area contributed by atoms with Crippen LogP contribution in [0.3, 0.4) is 0 Å². The van der Waals surface area contributed by atoms with Gasteiger partial charge in [-0.15, -0.1) is 10.2 Å². The lowest BCUT2D eigenvalue weighted by Gasteiger charge is -2.15. The molecule has 2 N–H and O–H groups in total. The third kappa shape index (κ3) is 7.29. The first kappa shape index (κ1) is 26.2. The molecule has 2 aromatic carbocycles. The molecular formula is C25H30FN5O3S. The monoisotopic (exact) mass is 499 g/mol. The van der Waals surface area contributed by atoms with Crippen molar-refractivity contribution in [2.45, 2.75) is 58.5 Å². The number of anilines is 1. The molecule has 35 heavy (non-hydrogen) atoms. The lowest BCUT2D eigenvalue weighted by atomic mass is 10.2. The molecule has 0 aliphatic rings. The van der Waals surface area contributed by atoms with Gasteiger partial charge in [0.25, 0.3) is 5.91 Å². The SMILES string of the molecule is CCc1ccc(O[C@@H](C)C(=O)NCc2nnc(SCC(=O)Nc3cc(F)ccc3C)n2CC)cc1. The van der Waals surface area contributed by atoms with Gasteiger partial charge in [-0.1, -0.05) is 36.9 Å². The van der Waals surface area contributed by atoms with Gasteiger partial charge < -0.3 is 19.9 Å². The van der Waals surface area contributed by atoms with Gasteiger partial charge in [0.2, 0.25) is 5.91 Å². The highest BCUT2D eigenvalue weighted by Gasteiger charge is 2.18. The summed E-state index contributed by atoms with van der Waals surface area (Å²) in [7, 11) is 0. The number of carbonyl (C=O) groups excluding carboxylic acids is 2. The van der Waals surface area contributed by atoms with Crippen molar-refractivity contribution in [1.29, 1.82) is 0 Å². The largest absolute Gasteiger partial charge is 0.481 e. The van der Waals surface area contributed by atoms with Gasteiger partial charge in [-0.3, -0.25) is 9.59 Å². The maximum atomic E-state index is 13.5. The Kier molecular flexibility index (Phi) is 9.25. The summed E-state index contributed by atoms with van der Waals surface area (Å²) in [5.74, 6) is 0.333. The van der Waals surface area contributed by atoms with Gasteiger partial charge in [-0.2, -0.15) is 0 Å². The van der Waals surface area contributed by atoms with Crippen LogP contribution in [0.2, 0.25) is 0 Å². The first-order valence-corrected chi connectivity index (χ1v) is 12.4. The number of ether oxygens (including phenoxy) is 1. The van der Waals surface area contributed by atoms with E-state index in [1.54, 1.807) is 19.9 Å². The summed E-state index contributed by atoms with van der Waals surface area (Å²) >= 11 is 1.22. The molecule has 2 amide bonds. The van der Waals surface area contributed by atoms with E-state index in [1.165, 1.54) is 29.5 Å². The van der Waals surface area contributed by atoms with Crippen molar-refractivity contribution in [1.82, 2.24) is 20.1 Å². The molecule has 10 heteroatoms. The van der Waals surface area contributed by atoms with Crippen molar-refractivity contribution in [2.24, 2.45) is 0 Å². The molecule has 8 nitrogen and oxygen atoms in total. The topological polar surface area (TPSA) is 98.1 Å². The van der Waals surface area contributed by atoms with E-state index in [4.69, 9.17) is 4.74 Å². The molecule has 3 rings (SSSR count). The molecule has 0 bridgehead atoms. The van der Waals surface area contributed by atoms with Crippen LogP contribution in [-0.4, -0.2) is 38.4 Å². The van der Waals surface area contributed by atoms with Crippen molar-refractivity contribution in [3.8, 4) is 5.75 Å². The molecule has 0 aliphatic carbocycles. The van der Waals surface area contributed by atoms with Crippen LogP contribution in [0, 0.1) is 12.7 Å². The minimum atomic E-state index is -0.677. The zero-order chi connectivity index (χ0) is 25.4. The molecule has 0 unspecified atom stereocenters. The zero-order valence-electron chi connectivity index (χ0n) is 20.3. The Balaban J connectivity index is 1.52. The van der Waals surface area contributed by atoms with Gasteiger partial charge in [0.15, 0.2) is 17.1 Å². The van der Waals surface area contributed by atoms with E-state index >= 15 is 0 Å². The molecule has 0 saturated carbocycles. The highest BCUT2D eigenvalue weighted by atomic mass is 32.2. The normalized spacial score (nSPS) is 11.7. The fraction of sp³-hybridized carbons (Fsp3) is 0.360. The Hall–Kier alpha value is -3.40. The Morgan fingerprint density at radius 1 is 1.14 bits per heavy atom. The van der Waals surface area contributed by atoms with Crippen LogP contribution in [0.1, 0.15) is 37.7 Å². The molecule has 186 valence electrons. The van der Waals surface area contributed by atoms with E-state index in [1.807, 2.05) is 35.8 Å². The van der Waals surface area contributed by atoms with Crippen LogP contribution in [-0.2, 0) is 29.1 Å². The number of carbonyl (C=O) groups is 2. The molecule has 0 fully saturated rings. The predicted octanol–water partition coefficient (Wildman–Crippen LogP) is 4.12. The molecule has 1 heterocycles. The number of aryl methyl sites for hydroxylation is 2. The van der Waals surface area contributed by atoms with Gasteiger partial charge in [0.05, 0.1) is 12.3 Å². The van der Waals surface area contributed by atoms with Crippen molar-refractivity contribution >= 4 is 29.3 Å². The number of nitrogens with zero attached hydrogens (tertiary/aromatic N) is 3. The number of thioether (sulfide) groups is 1. The van der Waals surface area contributed by atoms with Gasteiger partial charge in [0.1, 0.15) is 11.6 Å². The summed E-state index contributed by atoms with van der Waals surface area (Å²) < 4.78 is 21.0. The van der Waals surface area contributed by atoms with Crippen molar-refractivity contribution in [2.75, 3.05) is 11.1 Å². The first-order valence-electron chi connectivity index (χ1n) is 11.4. The summed E-state index contributed by atoms with van der Waals surface area (Å²) in [6.07, 6.45) is 0.260. The maximum Gasteiger partial charge on any atom is 0.261 e. The van der Waals surface area contributed by atoms with Crippen molar-refractivity contribution < 1.29 is 18.7 Å². The minimum Gasteiger partial charge on any atom is -0.481 e. The molecule has 1 atom stereocenters. The number of hydrogen-bond acceptors (Lipinski definition) is 6. The van der Waals surface area contributed by atoms with Crippen LogP contribution in [0.5, 0.6) is 5.75 Å². The number of rotatable bonds is 11. The molecule has 1 aromatic heterocycles. The number of hydrogen-bond donors (Lipinski definition) is 2. The Bertz CT molecular complexity index is 1170. The Morgan fingerprint density at radius 2 is 1.89 bits per heavy atom. The van der Waals surface area contributed by atoms with Crippen molar-refractivity contribution in [3.05, 3.63) is 65.2 Å². The smallest absolute Gasteiger partial charge is 0.261 e. The average molecular weight is 500 g/mol. The van der Waals surface area contributed by atoms with Crippen LogP contribution in [0.25, 0.3) is 0 Å². The van der Waals surface area contributed by atoms with Crippen LogP contribution in [0.15, 0.2) is 47.6 Å². The highest BCUT2D eigenvalue weighted by molar-refractivity contribution is 7.99. The highest BCUT2D eigenvalue weighted by Crippen LogP contribution is 2.20. The van der Waals surface area contributed by atoms with E-state index < -0.39 is 11.9 Å². The summed E-state index contributed by atoms with van der Waals surface area (Å²) in [4.78, 5) is 24.9. The fourth-order valence-corrected chi connectivity index (χ4v) is 4.11. The van der Waals surface area contributed by atoms with E-state index in [0.717, 1.165) is 12.0 Å². The number of benzene rings is 2. The summed E-state index contributed by atoms with van der Waals surface area (Å²) in [6.45, 7) is 8.24. The number of amides is 2. The maximum absolute atomic E-state index is 13.5. The predicted molar refractivity (Wildman–Crippen MR) is 134 cm³/mol. The molecule has 0 aliphatic heterocycles. The van der Waals surface area contributed by atoms with Gasteiger partial charge in [0, 0.05) is 12.2 Å². The lowest BCUT2D eigenvalue weighted by Crippen LogP contribution is -2.36.